The van der Waals surface area contributed by atoms with E-state index in [4.69, 9.17) is 33.3 Å². The van der Waals surface area contributed by atoms with Gasteiger partial charge in [0.2, 0.25) is 11.5 Å². The maximum atomic E-state index is 12.6. The number of esters is 1. The number of hydrogen-bond acceptors (Lipinski definition) is 10. The molecule has 208 valence electrons. The molecule has 0 aliphatic heterocycles. The number of rotatable bonds is 11. The number of carboxylic acids is 2. The van der Waals surface area contributed by atoms with Gasteiger partial charge in [0.25, 0.3) is 0 Å². The highest BCUT2D eigenvalue weighted by Crippen LogP contribution is 2.26. The second-order valence-corrected chi connectivity index (χ2v) is 9.15. The van der Waals surface area contributed by atoms with E-state index in [1.807, 2.05) is 13.8 Å². The first-order valence-electron chi connectivity index (χ1n) is 12.1. The zero-order valence-corrected chi connectivity index (χ0v) is 21.4. The Kier molecular flexibility index (Phi) is 8.18. The molecule has 0 atom stereocenters. The zero-order chi connectivity index (χ0) is 29.0. The summed E-state index contributed by atoms with van der Waals surface area (Å²) >= 11 is 0. The highest BCUT2D eigenvalue weighted by atomic mass is 16.6. The van der Waals surface area contributed by atoms with Gasteiger partial charge in [-0.2, -0.15) is 0 Å². The number of carbonyl (C=O) groups is 3. The molecular weight excluding hydrogens is 528 g/mol. The van der Waals surface area contributed by atoms with Crippen molar-refractivity contribution in [2.75, 3.05) is 13.2 Å². The Labute approximate surface area is 225 Å². The lowest BCUT2D eigenvalue weighted by atomic mass is 10.1. The molecule has 2 N–H and O–H groups in total. The molecular formula is C28H24O12. The van der Waals surface area contributed by atoms with Gasteiger partial charge in [0.05, 0.1) is 0 Å². The average molecular weight is 552 g/mol. The molecule has 2 aromatic heterocycles. The van der Waals surface area contributed by atoms with E-state index in [1.165, 1.54) is 36.4 Å². The Morgan fingerprint density at radius 1 is 0.775 bits per heavy atom. The van der Waals surface area contributed by atoms with E-state index in [2.05, 4.69) is 0 Å². The van der Waals surface area contributed by atoms with E-state index < -0.39 is 46.4 Å². The first-order valence-corrected chi connectivity index (χ1v) is 12.1. The summed E-state index contributed by atoms with van der Waals surface area (Å²) in [6, 6.07) is 10.5. The Hall–Kier alpha value is -5.13. The van der Waals surface area contributed by atoms with Crippen LogP contribution in [0.15, 0.2) is 67.0 Å². The van der Waals surface area contributed by atoms with E-state index in [0.29, 0.717) is 0 Å². The maximum absolute atomic E-state index is 12.6. The van der Waals surface area contributed by atoms with E-state index in [1.54, 1.807) is 0 Å². The molecule has 4 rings (SSSR count). The first-order chi connectivity index (χ1) is 19.0. The molecule has 12 heteroatoms. The predicted octanol–water partition coefficient (Wildman–Crippen LogP) is 3.71. The standard InChI is InChI=1S/C28H24O12/c1-14(2)9-24(31)38-15(12-36-18-5-3-7-20-25(18)16(29)10-22(39-20)27(32)33)13-37-19-6-4-8-21-26(19)17(30)11-23(40-21)28(34)35/h3-8,10-11,14-15H,9,12-13H2,1-2H3,(H,32,33)(H,34,35). The Bertz CT molecular complexity index is 1600. The van der Waals surface area contributed by atoms with Crippen molar-refractivity contribution in [3.63, 3.8) is 0 Å². The quantitative estimate of drug-likeness (QED) is 0.258. The third-order valence-corrected chi connectivity index (χ3v) is 5.58. The van der Waals surface area contributed by atoms with Crippen LogP contribution in [0.2, 0.25) is 0 Å². The molecule has 0 aliphatic rings. The van der Waals surface area contributed by atoms with Crippen LogP contribution in [0.1, 0.15) is 41.4 Å². The van der Waals surface area contributed by atoms with Crippen molar-refractivity contribution in [1.82, 2.24) is 0 Å². The van der Waals surface area contributed by atoms with Gasteiger partial charge in [-0.1, -0.05) is 26.0 Å². The largest absolute Gasteiger partial charge is 0.489 e. The Morgan fingerprint density at radius 3 is 1.62 bits per heavy atom. The molecule has 12 nitrogen and oxygen atoms in total. The van der Waals surface area contributed by atoms with Crippen molar-refractivity contribution in [2.45, 2.75) is 26.4 Å². The lowest BCUT2D eigenvalue weighted by Crippen LogP contribution is -2.31. The summed E-state index contributed by atoms with van der Waals surface area (Å²) < 4.78 is 27.7. The third-order valence-electron chi connectivity index (χ3n) is 5.58. The topological polar surface area (TPSA) is 180 Å². The van der Waals surface area contributed by atoms with E-state index >= 15 is 0 Å². The van der Waals surface area contributed by atoms with Crippen molar-refractivity contribution in [2.24, 2.45) is 5.92 Å². The molecule has 0 amide bonds. The number of aromatic carboxylic acids is 2. The van der Waals surface area contributed by atoms with Crippen LogP contribution in [0.5, 0.6) is 11.5 Å². The van der Waals surface area contributed by atoms with Crippen LogP contribution in [0.25, 0.3) is 21.9 Å². The van der Waals surface area contributed by atoms with Gasteiger partial charge in [0.15, 0.2) is 17.0 Å². The number of hydrogen-bond donors (Lipinski definition) is 2. The van der Waals surface area contributed by atoms with Crippen molar-refractivity contribution in [3.8, 4) is 11.5 Å². The number of ether oxygens (including phenoxy) is 3. The second-order valence-electron chi connectivity index (χ2n) is 9.15. The Balaban J connectivity index is 1.60. The summed E-state index contributed by atoms with van der Waals surface area (Å²) in [6.07, 6.45) is -0.894. The van der Waals surface area contributed by atoms with Gasteiger partial charge >= 0.3 is 17.9 Å². The molecule has 0 spiro atoms. The predicted molar refractivity (Wildman–Crippen MR) is 139 cm³/mol. The summed E-state index contributed by atoms with van der Waals surface area (Å²) in [5.74, 6) is -4.24. The molecule has 0 bridgehead atoms. The summed E-state index contributed by atoms with van der Waals surface area (Å²) in [4.78, 5) is 60.1. The molecule has 0 aliphatic carbocycles. The molecule has 0 saturated carbocycles. The molecule has 0 unspecified atom stereocenters. The molecule has 0 saturated heterocycles. The van der Waals surface area contributed by atoms with E-state index in [9.17, 15) is 24.0 Å². The third kappa shape index (κ3) is 6.29. The van der Waals surface area contributed by atoms with Crippen LogP contribution in [-0.2, 0) is 9.53 Å². The highest BCUT2D eigenvalue weighted by molar-refractivity contribution is 5.90. The molecule has 0 radical (unpaired) electrons. The molecule has 2 heterocycles. The van der Waals surface area contributed by atoms with Crippen LogP contribution >= 0.6 is 0 Å². The fraction of sp³-hybridized carbons (Fsp3) is 0.250. The van der Waals surface area contributed by atoms with Crippen molar-refractivity contribution < 1.29 is 47.6 Å². The van der Waals surface area contributed by atoms with Crippen LogP contribution in [-0.4, -0.2) is 47.4 Å². The second kappa shape index (κ2) is 11.7. The SMILES string of the molecule is CC(C)CC(=O)OC(COc1cccc2oc(C(=O)O)cc(=O)c12)COc1cccc2oc(C(=O)O)cc(=O)c12. The van der Waals surface area contributed by atoms with Crippen molar-refractivity contribution >= 4 is 39.8 Å². The first kappa shape index (κ1) is 27.9. The fourth-order valence-corrected chi connectivity index (χ4v) is 3.86. The average Bonchev–Trinajstić information content (AvgIpc) is 2.89. The highest BCUT2D eigenvalue weighted by Gasteiger charge is 2.21. The zero-order valence-electron chi connectivity index (χ0n) is 21.4. The number of benzene rings is 2. The van der Waals surface area contributed by atoms with E-state index in [-0.39, 0.29) is 59.0 Å². The van der Waals surface area contributed by atoms with Gasteiger partial charge < -0.3 is 33.3 Å². The smallest absolute Gasteiger partial charge is 0.371 e. The van der Waals surface area contributed by atoms with Crippen LogP contribution < -0.4 is 20.3 Å². The summed E-state index contributed by atoms with van der Waals surface area (Å²) in [5.41, 5.74) is -1.28. The monoisotopic (exact) mass is 552 g/mol. The minimum atomic E-state index is -1.40. The number of fused-ring (bicyclic) bond motifs is 2. The van der Waals surface area contributed by atoms with Crippen LogP contribution in [0.4, 0.5) is 0 Å². The van der Waals surface area contributed by atoms with Crippen molar-refractivity contribution in [1.29, 1.82) is 0 Å². The van der Waals surface area contributed by atoms with Gasteiger partial charge in [-0.05, 0) is 30.2 Å². The fourth-order valence-electron chi connectivity index (χ4n) is 3.86. The molecule has 40 heavy (non-hydrogen) atoms. The minimum absolute atomic E-state index is 0.00146. The normalized spacial score (nSPS) is 11.2. The Morgan fingerprint density at radius 2 is 1.23 bits per heavy atom. The van der Waals surface area contributed by atoms with Gasteiger partial charge in [0, 0.05) is 18.6 Å². The summed E-state index contributed by atoms with van der Waals surface area (Å²) in [6.45, 7) is 3.13. The molecule has 4 aromatic rings. The van der Waals surface area contributed by atoms with Gasteiger partial charge in [-0.3, -0.25) is 14.4 Å². The maximum Gasteiger partial charge on any atom is 0.371 e. The van der Waals surface area contributed by atoms with Gasteiger partial charge in [-0.15, -0.1) is 0 Å². The van der Waals surface area contributed by atoms with Crippen molar-refractivity contribution in [3.05, 3.63) is 80.5 Å². The lowest BCUT2D eigenvalue weighted by molar-refractivity contribution is -0.153. The summed E-state index contributed by atoms with van der Waals surface area (Å²) in [7, 11) is 0. The van der Waals surface area contributed by atoms with Gasteiger partial charge in [0.1, 0.15) is 46.7 Å². The molecule has 0 fully saturated rings. The summed E-state index contributed by atoms with van der Waals surface area (Å²) in [5, 5.41) is 18.3. The molecule has 2 aromatic carbocycles. The van der Waals surface area contributed by atoms with E-state index in [0.717, 1.165) is 12.1 Å². The lowest BCUT2D eigenvalue weighted by Gasteiger charge is -2.20. The van der Waals surface area contributed by atoms with Gasteiger partial charge in [-0.25, -0.2) is 9.59 Å². The van der Waals surface area contributed by atoms with Crippen LogP contribution in [0, 0.1) is 5.92 Å². The number of carbonyl (C=O) groups excluding carboxylic acids is 1. The minimum Gasteiger partial charge on any atom is -0.489 e. The van der Waals surface area contributed by atoms with Crippen LogP contribution in [0.3, 0.4) is 0 Å². The number of carboxylic acid groups (broad SMARTS) is 2.